The van der Waals surface area contributed by atoms with E-state index < -0.39 is 35.0 Å². The van der Waals surface area contributed by atoms with E-state index in [1.165, 1.54) is 12.0 Å². The molecule has 10 nitrogen and oxygen atoms in total. The summed E-state index contributed by atoms with van der Waals surface area (Å²) in [5.74, 6) is -3.94. The van der Waals surface area contributed by atoms with E-state index in [2.05, 4.69) is 0 Å². The molecule has 13 heteroatoms. The third kappa shape index (κ3) is 4.93. The molecule has 1 N–H and O–H groups in total. The third-order valence-corrected chi connectivity index (χ3v) is 14.9. The maximum Gasteiger partial charge on any atom is 0.242 e. The summed E-state index contributed by atoms with van der Waals surface area (Å²) < 4.78 is 8.14. The fourth-order valence-corrected chi connectivity index (χ4v) is 12.0. The summed E-state index contributed by atoms with van der Waals surface area (Å²) >= 11 is 14.5. The highest BCUT2D eigenvalue weighted by molar-refractivity contribution is 7.22. The molecule has 2 saturated heterocycles. The number of phenolic OH excluding ortho intramolecular Hbond substituents is 1. The van der Waals surface area contributed by atoms with Gasteiger partial charge in [-0.3, -0.25) is 28.8 Å². The second-order valence-corrected chi connectivity index (χ2v) is 17.7. The van der Waals surface area contributed by atoms with Gasteiger partial charge in [0.1, 0.15) is 11.5 Å². The number of carbonyl (C=O) groups excluding carboxylic acids is 4. The number of hydrogen-bond acceptors (Lipinski definition) is 8. The van der Waals surface area contributed by atoms with Gasteiger partial charge in [-0.15, -0.1) is 11.3 Å². The maximum absolute atomic E-state index is 15.2. The molecule has 2 aromatic heterocycles. The second-order valence-electron chi connectivity index (χ2n) is 15.8. The van der Waals surface area contributed by atoms with Gasteiger partial charge in [0.2, 0.25) is 23.6 Å². The predicted molar refractivity (Wildman–Crippen MR) is 207 cm³/mol. The van der Waals surface area contributed by atoms with Gasteiger partial charge in [0.15, 0.2) is 11.5 Å². The molecule has 0 unspecified atom stereocenters. The summed E-state index contributed by atoms with van der Waals surface area (Å²) in [4.78, 5) is 62.3. The van der Waals surface area contributed by atoms with E-state index in [9.17, 15) is 19.5 Å². The third-order valence-electron chi connectivity index (χ3n) is 13.1. The number of nitrogens with zero attached hydrogens (tertiary/aromatic N) is 4. The summed E-state index contributed by atoms with van der Waals surface area (Å²) in [5, 5.41) is 17.2. The van der Waals surface area contributed by atoms with Crippen LogP contribution in [0.1, 0.15) is 68.9 Å². The number of methoxy groups -OCH3 is 1. The maximum atomic E-state index is 15.2. The van der Waals surface area contributed by atoms with Gasteiger partial charge in [-0.05, 0) is 92.3 Å². The number of hydrogen-bond donors (Lipinski definition) is 1. The number of thiophene rings is 1. The topological polar surface area (TPSA) is 122 Å². The fourth-order valence-electron chi connectivity index (χ4n) is 10.5. The molecule has 0 spiro atoms. The summed E-state index contributed by atoms with van der Waals surface area (Å²) in [7, 11) is 3.15. The summed E-state index contributed by atoms with van der Waals surface area (Å²) in [6.45, 7) is 3.83. The molecule has 5 aliphatic rings. The Labute approximate surface area is 326 Å². The molecule has 54 heavy (non-hydrogen) atoms. The number of aromatic nitrogens is 2. The number of halogens is 2. The van der Waals surface area contributed by atoms with Gasteiger partial charge in [0, 0.05) is 34.8 Å². The minimum Gasteiger partial charge on any atom is -0.503 e. The van der Waals surface area contributed by atoms with E-state index in [-0.39, 0.29) is 52.6 Å². The van der Waals surface area contributed by atoms with Crippen LogP contribution in [-0.2, 0) is 26.2 Å². The van der Waals surface area contributed by atoms with Gasteiger partial charge in [-0.25, -0.2) is 4.90 Å². The van der Waals surface area contributed by atoms with Crippen LogP contribution in [0.3, 0.4) is 0 Å². The lowest BCUT2D eigenvalue weighted by Gasteiger charge is -2.49. The van der Waals surface area contributed by atoms with Crippen LogP contribution in [0.15, 0.2) is 48.0 Å². The van der Waals surface area contributed by atoms with Crippen LogP contribution in [-0.4, -0.2) is 56.6 Å². The molecule has 4 amide bonds. The van der Waals surface area contributed by atoms with Crippen LogP contribution in [0.25, 0.3) is 20.7 Å². The lowest BCUT2D eigenvalue weighted by atomic mass is 9.51. The summed E-state index contributed by atoms with van der Waals surface area (Å²) in [6.07, 6.45) is 7.30. The van der Waals surface area contributed by atoms with Crippen LogP contribution in [0.4, 0.5) is 5.82 Å². The lowest BCUT2D eigenvalue weighted by Crippen LogP contribution is -2.49. The first kappa shape index (κ1) is 35.5. The highest BCUT2D eigenvalue weighted by Crippen LogP contribution is 2.64. The van der Waals surface area contributed by atoms with Crippen molar-refractivity contribution in [1.82, 2.24) is 14.7 Å². The van der Waals surface area contributed by atoms with Crippen LogP contribution in [0.5, 0.6) is 11.5 Å². The molecular formula is C41H40Cl2N4O6S. The molecule has 9 rings (SSSR count). The Bertz CT molecular complexity index is 2340. The van der Waals surface area contributed by atoms with Crippen molar-refractivity contribution in [1.29, 1.82) is 0 Å². The smallest absolute Gasteiger partial charge is 0.242 e. The summed E-state index contributed by atoms with van der Waals surface area (Å²) in [5.41, 5.74) is 1.76. The minimum absolute atomic E-state index is 0.0430. The number of anilines is 1. The molecule has 2 aliphatic heterocycles. The van der Waals surface area contributed by atoms with E-state index in [4.69, 9.17) is 33.0 Å². The van der Waals surface area contributed by atoms with Crippen molar-refractivity contribution in [2.45, 2.75) is 70.8 Å². The average Bonchev–Trinajstić information content (AvgIpc) is 3.83. The molecule has 0 radical (unpaired) electrons. The normalized spacial score (nSPS) is 28.5. The van der Waals surface area contributed by atoms with Gasteiger partial charge in [-0.1, -0.05) is 54.1 Å². The molecular weight excluding hydrogens is 747 g/mol. The molecule has 2 saturated carbocycles. The Balaban J connectivity index is 1.16. The van der Waals surface area contributed by atoms with Gasteiger partial charge >= 0.3 is 0 Å². The Morgan fingerprint density at radius 3 is 2.48 bits per heavy atom. The van der Waals surface area contributed by atoms with Crippen molar-refractivity contribution in [3.63, 3.8) is 0 Å². The van der Waals surface area contributed by atoms with Gasteiger partial charge in [0.25, 0.3) is 0 Å². The van der Waals surface area contributed by atoms with Gasteiger partial charge < -0.3 is 9.84 Å². The Morgan fingerprint density at radius 1 is 0.981 bits per heavy atom. The Morgan fingerprint density at radius 2 is 1.74 bits per heavy atom. The highest BCUT2D eigenvalue weighted by atomic mass is 35.5. The monoisotopic (exact) mass is 786 g/mol. The van der Waals surface area contributed by atoms with Crippen molar-refractivity contribution < 1.29 is 29.0 Å². The first-order chi connectivity index (χ1) is 25.8. The van der Waals surface area contributed by atoms with Gasteiger partial charge in [0.05, 0.1) is 40.2 Å². The van der Waals surface area contributed by atoms with Crippen LogP contribution in [0, 0.1) is 36.0 Å². The number of fused-ring (bicyclic) bond motifs is 5. The number of phenols is 1. The number of allylic oxidation sites excluding steroid dienone is 2. The van der Waals surface area contributed by atoms with Crippen molar-refractivity contribution in [3.05, 3.63) is 69.2 Å². The molecule has 4 heterocycles. The fraction of sp³-hybridized carbons (Fsp3) is 0.439. The van der Waals surface area contributed by atoms with E-state index in [0.717, 1.165) is 58.2 Å². The zero-order valence-electron chi connectivity index (χ0n) is 30.4. The van der Waals surface area contributed by atoms with E-state index in [1.807, 2.05) is 38.1 Å². The Hall–Kier alpha value is -4.19. The molecule has 4 aromatic rings. The zero-order valence-corrected chi connectivity index (χ0v) is 32.7. The van der Waals surface area contributed by atoms with Crippen molar-refractivity contribution in [2.75, 3.05) is 12.0 Å². The minimum atomic E-state index is -1.30. The largest absolute Gasteiger partial charge is 0.503 e. The number of imide groups is 2. The van der Waals surface area contributed by atoms with E-state index >= 15 is 4.79 Å². The van der Waals surface area contributed by atoms with Crippen molar-refractivity contribution >= 4 is 74.1 Å². The molecule has 0 bridgehead atoms. The second kappa shape index (κ2) is 12.7. The molecule has 2 aromatic carbocycles. The first-order valence-electron chi connectivity index (χ1n) is 18.6. The number of amides is 4. The van der Waals surface area contributed by atoms with E-state index in [0.29, 0.717) is 28.5 Å². The number of likely N-dealkylation sites (tertiary alicyclic amines) is 1. The standard InChI is InChI=1S/C41H40Cl2N4O6S/c1-19-25-16-21(42)10-13-31(25)54-36(19)29-18-32(45(3)44-29)47-38(50)27-17-26-23(11-12-24-33(26)39(51)46(37(24)49)22-8-6-5-7-9-22)34(41(27,2)40(47)52)20-14-28(43)35(48)30(15-20)53-4/h10-11,13-16,18,22,24,26-27,33-34,48H,5-9,12,17H2,1-4H3/t24-,26+,27-,33-,34-,41+/m0/s1. The van der Waals surface area contributed by atoms with Crippen molar-refractivity contribution in [3.8, 4) is 22.1 Å². The van der Waals surface area contributed by atoms with Gasteiger partial charge in [-0.2, -0.15) is 5.10 Å². The van der Waals surface area contributed by atoms with Crippen LogP contribution in [0.2, 0.25) is 10.0 Å². The number of rotatable bonds is 5. The van der Waals surface area contributed by atoms with Crippen LogP contribution < -0.4 is 9.64 Å². The number of carbonyl (C=O) groups is 4. The first-order valence-corrected chi connectivity index (χ1v) is 20.2. The zero-order chi connectivity index (χ0) is 38.0. The quantitative estimate of drug-likeness (QED) is 0.160. The summed E-state index contributed by atoms with van der Waals surface area (Å²) in [6, 6.07) is 10.7. The molecule has 3 aliphatic carbocycles. The molecule has 6 atom stereocenters. The number of aryl methyl sites for hydroxylation is 2. The molecule has 280 valence electrons. The Kier molecular flexibility index (Phi) is 8.34. The van der Waals surface area contributed by atoms with Crippen molar-refractivity contribution in [2.24, 2.45) is 36.1 Å². The lowest BCUT2D eigenvalue weighted by molar-refractivity contribution is -0.144. The predicted octanol–water partition coefficient (Wildman–Crippen LogP) is 8.19. The molecule has 4 fully saturated rings. The van der Waals surface area contributed by atoms with Crippen LogP contribution >= 0.6 is 34.5 Å². The highest BCUT2D eigenvalue weighted by Gasteiger charge is 2.68. The number of aromatic hydroxyl groups is 1. The number of benzene rings is 2. The number of ether oxygens (including phenoxy) is 1. The SMILES string of the molecule is COc1cc([C@H]2C3=CC[C@@H]4C(=O)N(C5CCCCC5)C(=O)[C@@H]4[C@@H]3C[C@H]3C(=O)N(c4cc(-c5sc6ccc(Cl)cc6c5C)nn4C)C(=O)[C@@]23C)cc(Cl)c1O. The average molecular weight is 788 g/mol. The van der Waals surface area contributed by atoms with E-state index in [1.54, 1.807) is 46.2 Å².